The number of anilines is 1. The molecule has 0 aliphatic rings. The van der Waals surface area contributed by atoms with Gasteiger partial charge in [0.2, 0.25) is 10.0 Å². The maximum atomic E-state index is 12.1. The van der Waals surface area contributed by atoms with Gasteiger partial charge < -0.3 is 10.3 Å². The van der Waals surface area contributed by atoms with Gasteiger partial charge in [0.05, 0.1) is 22.9 Å². The van der Waals surface area contributed by atoms with Gasteiger partial charge >= 0.3 is 0 Å². The zero-order valence-corrected chi connectivity index (χ0v) is 11.8. The number of hydrogen-bond donors (Lipinski definition) is 2. The summed E-state index contributed by atoms with van der Waals surface area (Å²) in [6, 6.07) is 4.16. The number of nitrogens with one attached hydrogen (secondary N) is 1. The van der Waals surface area contributed by atoms with Crippen LogP contribution in [0.5, 0.6) is 0 Å². The molecular formula is C10H9Cl2N3O3S. The largest absolute Gasteiger partial charge is 0.398 e. The lowest BCUT2D eigenvalue weighted by Crippen LogP contribution is -2.24. The van der Waals surface area contributed by atoms with E-state index in [0.717, 1.165) is 0 Å². The van der Waals surface area contributed by atoms with Crippen molar-refractivity contribution < 1.29 is 12.9 Å². The van der Waals surface area contributed by atoms with E-state index in [1.807, 2.05) is 0 Å². The molecule has 102 valence electrons. The Bertz CT molecular complexity index is 663. The molecule has 0 aliphatic carbocycles. The Morgan fingerprint density at radius 1 is 1.37 bits per heavy atom. The van der Waals surface area contributed by atoms with Crippen molar-refractivity contribution in [2.24, 2.45) is 0 Å². The minimum atomic E-state index is -3.86. The zero-order chi connectivity index (χ0) is 14.0. The lowest BCUT2D eigenvalue weighted by molar-refractivity contribution is 0.411. The van der Waals surface area contributed by atoms with Gasteiger partial charge in [0, 0.05) is 11.1 Å². The number of sulfonamides is 1. The molecule has 6 nitrogen and oxygen atoms in total. The van der Waals surface area contributed by atoms with Crippen molar-refractivity contribution in [1.29, 1.82) is 0 Å². The lowest BCUT2D eigenvalue weighted by atomic mass is 10.3. The van der Waals surface area contributed by atoms with Gasteiger partial charge in [0.1, 0.15) is 11.2 Å². The molecule has 1 aromatic carbocycles. The molecule has 19 heavy (non-hydrogen) atoms. The van der Waals surface area contributed by atoms with E-state index in [4.69, 9.17) is 28.9 Å². The van der Waals surface area contributed by atoms with Crippen LogP contribution >= 0.6 is 23.2 Å². The Morgan fingerprint density at radius 2 is 2.11 bits per heavy atom. The standard InChI is InChI=1S/C10H9Cl2N3O3S/c11-6-3-8(12)10(9(13)4-6)19(16,17)14-5-7-1-2-18-15-7/h1-4,14H,5,13H2. The maximum absolute atomic E-state index is 12.1. The van der Waals surface area contributed by atoms with Crippen molar-refractivity contribution in [2.75, 3.05) is 5.73 Å². The highest BCUT2D eigenvalue weighted by atomic mass is 35.5. The Labute approximate surface area is 119 Å². The third-order valence-electron chi connectivity index (χ3n) is 2.24. The zero-order valence-electron chi connectivity index (χ0n) is 9.43. The second-order valence-corrected chi connectivity index (χ2v) is 6.17. The van der Waals surface area contributed by atoms with Gasteiger partial charge in [-0.25, -0.2) is 13.1 Å². The van der Waals surface area contributed by atoms with E-state index in [9.17, 15) is 8.42 Å². The molecule has 0 fully saturated rings. The number of nitrogens with two attached hydrogens (primary N) is 1. The van der Waals surface area contributed by atoms with Crippen LogP contribution in [-0.2, 0) is 16.6 Å². The summed E-state index contributed by atoms with van der Waals surface area (Å²) in [5.41, 5.74) is 6.05. The SMILES string of the molecule is Nc1cc(Cl)cc(Cl)c1S(=O)(=O)NCc1ccon1. The number of halogens is 2. The minimum absolute atomic E-state index is 0.0230. The second-order valence-electron chi connectivity index (χ2n) is 3.62. The monoisotopic (exact) mass is 321 g/mol. The van der Waals surface area contributed by atoms with Gasteiger partial charge in [-0.15, -0.1) is 0 Å². The van der Waals surface area contributed by atoms with E-state index in [1.165, 1.54) is 24.5 Å². The molecule has 1 aromatic heterocycles. The summed E-state index contributed by atoms with van der Waals surface area (Å²) in [5, 5.41) is 3.80. The Kier molecular flexibility index (Phi) is 4.00. The number of benzene rings is 1. The smallest absolute Gasteiger partial charge is 0.244 e. The molecule has 0 bridgehead atoms. The molecule has 9 heteroatoms. The van der Waals surface area contributed by atoms with Gasteiger partial charge in [0.15, 0.2) is 0 Å². The fraction of sp³-hybridized carbons (Fsp3) is 0.100. The van der Waals surface area contributed by atoms with Crippen LogP contribution in [-0.4, -0.2) is 13.6 Å². The van der Waals surface area contributed by atoms with Gasteiger partial charge in [-0.2, -0.15) is 0 Å². The Morgan fingerprint density at radius 3 is 2.68 bits per heavy atom. The molecule has 0 radical (unpaired) electrons. The van der Waals surface area contributed by atoms with Gasteiger partial charge in [-0.3, -0.25) is 0 Å². The van der Waals surface area contributed by atoms with Crippen LogP contribution in [0.4, 0.5) is 5.69 Å². The fourth-order valence-electron chi connectivity index (χ4n) is 1.43. The van der Waals surface area contributed by atoms with Gasteiger partial charge in [0.25, 0.3) is 0 Å². The number of nitrogens with zero attached hydrogens (tertiary/aromatic N) is 1. The highest BCUT2D eigenvalue weighted by Gasteiger charge is 2.22. The topological polar surface area (TPSA) is 98.2 Å². The van der Waals surface area contributed by atoms with E-state index >= 15 is 0 Å². The molecule has 0 unspecified atom stereocenters. The van der Waals surface area contributed by atoms with Crippen LogP contribution in [0.15, 0.2) is 33.9 Å². The second kappa shape index (κ2) is 5.38. The van der Waals surface area contributed by atoms with Crippen molar-refractivity contribution in [1.82, 2.24) is 9.88 Å². The van der Waals surface area contributed by atoms with E-state index in [0.29, 0.717) is 5.69 Å². The number of rotatable bonds is 4. The first-order valence-electron chi connectivity index (χ1n) is 5.03. The van der Waals surface area contributed by atoms with Crippen LogP contribution in [0.2, 0.25) is 10.0 Å². The fourth-order valence-corrected chi connectivity index (χ4v) is 3.41. The van der Waals surface area contributed by atoms with E-state index in [-0.39, 0.29) is 27.2 Å². The van der Waals surface area contributed by atoms with Crippen molar-refractivity contribution in [3.63, 3.8) is 0 Å². The highest BCUT2D eigenvalue weighted by molar-refractivity contribution is 7.89. The Balaban J connectivity index is 2.29. The van der Waals surface area contributed by atoms with E-state index < -0.39 is 10.0 Å². The van der Waals surface area contributed by atoms with Crippen LogP contribution in [0.25, 0.3) is 0 Å². The van der Waals surface area contributed by atoms with Crippen molar-refractivity contribution in [2.45, 2.75) is 11.4 Å². The first kappa shape index (κ1) is 14.1. The molecule has 0 aliphatic heterocycles. The molecule has 0 atom stereocenters. The first-order chi connectivity index (χ1) is 8.90. The van der Waals surface area contributed by atoms with Crippen LogP contribution in [0.3, 0.4) is 0 Å². The molecular weight excluding hydrogens is 313 g/mol. The normalized spacial score (nSPS) is 11.7. The molecule has 0 saturated carbocycles. The van der Waals surface area contributed by atoms with Crippen LogP contribution < -0.4 is 10.5 Å². The summed E-state index contributed by atoms with van der Waals surface area (Å²) in [7, 11) is -3.86. The van der Waals surface area contributed by atoms with E-state index in [1.54, 1.807) is 0 Å². The number of hydrogen-bond acceptors (Lipinski definition) is 5. The molecule has 0 spiro atoms. The van der Waals surface area contributed by atoms with E-state index in [2.05, 4.69) is 14.4 Å². The molecule has 1 heterocycles. The third-order valence-corrected chi connectivity index (χ3v) is 4.39. The number of aromatic nitrogens is 1. The molecule has 0 saturated heterocycles. The molecule has 0 amide bonds. The summed E-state index contributed by atoms with van der Waals surface area (Å²) in [5.74, 6) is 0. The average Bonchev–Trinajstić information content (AvgIpc) is 2.77. The van der Waals surface area contributed by atoms with Crippen LogP contribution in [0, 0.1) is 0 Å². The predicted octanol–water partition coefficient (Wildman–Crippen LogP) is 2.04. The average molecular weight is 322 g/mol. The molecule has 2 aromatic rings. The van der Waals surface area contributed by atoms with Crippen molar-refractivity contribution in [3.8, 4) is 0 Å². The summed E-state index contributed by atoms with van der Waals surface area (Å²) >= 11 is 11.6. The highest BCUT2D eigenvalue weighted by Crippen LogP contribution is 2.30. The minimum Gasteiger partial charge on any atom is -0.398 e. The maximum Gasteiger partial charge on any atom is 0.244 e. The first-order valence-corrected chi connectivity index (χ1v) is 7.27. The summed E-state index contributed by atoms with van der Waals surface area (Å²) in [4.78, 5) is -0.206. The molecule has 2 rings (SSSR count). The van der Waals surface area contributed by atoms with Gasteiger partial charge in [-0.05, 0) is 12.1 Å². The summed E-state index contributed by atoms with van der Waals surface area (Å²) < 4.78 is 31.1. The van der Waals surface area contributed by atoms with Crippen LogP contribution in [0.1, 0.15) is 5.69 Å². The summed E-state index contributed by atoms with van der Waals surface area (Å²) in [6.07, 6.45) is 1.34. The summed E-state index contributed by atoms with van der Waals surface area (Å²) in [6.45, 7) is -0.0305. The molecule has 3 N–H and O–H groups in total. The van der Waals surface area contributed by atoms with Crippen molar-refractivity contribution in [3.05, 3.63) is 40.2 Å². The van der Waals surface area contributed by atoms with Gasteiger partial charge in [-0.1, -0.05) is 28.4 Å². The Hall–Kier alpha value is -1.28. The lowest BCUT2D eigenvalue weighted by Gasteiger charge is -2.10. The van der Waals surface area contributed by atoms with Crippen molar-refractivity contribution >= 4 is 38.9 Å². The number of nitrogen functional groups attached to an aromatic ring is 1. The predicted molar refractivity (Wildman–Crippen MR) is 71.4 cm³/mol. The third kappa shape index (κ3) is 3.19. The quantitative estimate of drug-likeness (QED) is 0.839.